The Labute approximate surface area is 148 Å². The van der Waals surface area contributed by atoms with Gasteiger partial charge in [0.2, 0.25) is 0 Å². The van der Waals surface area contributed by atoms with Gasteiger partial charge in [-0.15, -0.1) is 0 Å². The molecule has 1 N–H and O–H groups in total. The third-order valence-corrected chi connectivity index (χ3v) is 5.51. The van der Waals surface area contributed by atoms with Crippen molar-refractivity contribution in [3.05, 3.63) is 23.0 Å². The van der Waals surface area contributed by atoms with Crippen LogP contribution in [0, 0.1) is 20.8 Å². The van der Waals surface area contributed by atoms with Crippen LogP contribution in [0.15, 0.2) is 6.07 Å². The van der Waals surface area contributed by atoms with Crippen LogP contribution in [-0.2, 0) is 4.74 Å². The molecule has 2 aromatic rings. The molecular weight excluding hydrogens is 318 g/mol. The van der Waals surface area contributed by atoms with E-state index in [1.807, 2.05) is 18.4 Å². The quantitative estimate of drug-likeness (QED) is 0.873. The molecule has 2 unspecified atom stereocenters. The molecule has 0 spiro atoms. The van der Waals surface area contributed by atoms with Gasteiger partial charge in [-0.1, -0.05) is 0 Å². The van der Waals surface area contributed by atoms with Crippen LogP contribution < -0.4 is 4.90 Å². The molecule has 7 heteroatoms. The minimum Gasteiger partial charge on any atom is -0.389 e. The van der Waals surface area contributed by atoms with Gasteiger partial charge < -0.3 is 14.7 Å². The van der Waals surface area contributed by atoms with E-state index in [0.29, 0.717) is 13.2 Å². The first-order valence-corrected chi connectivity index (χ1v) is 9.13. The van der Waals surface area contributed by atoms with Gasteiger partial charge in [0.05, 0.1) is 31.1 Å². The first-order valence-electron chi connectivity index (χ1n) is 9.13. The summed E-state index contributed by atoms with van der Waals surface area (Å²) in [4.78, 5) is 9.45. The molecule has 136 valence electrons. The highest BCUT2D eigenvalue weighted by molar-refractivity contribution is 5.56. The number of fused-ring (bicyclic) bond motifs is 1. The Hall–Kier alpha value is -1.70. The number of aryl methyl sites for hydroxylation is 3. The van der Waals surface area contributed by atoms with E-state index in [4.69, 9.17) is 9.84 Å². The van der Waals surface area contributed by atoms with Gasteiger partial charge >= 0.3 is 0 Å². The van der Waals surface area contributed by atoms with E-state index in [-0.39, 0.29) is 12.1 Å². The summed E-state index contributed by atoms with van der Waals surface area (Å²) in [7, 11) is 0. The molecule has 0 aliphatic carbocycles. The zero-order valence-electron chi connectivity index (χ0n) is 15.3. The summed E-state index contributed by atoms with van der Waals surface area (Å²) in [6, 6.07) is 2.26. The Morgan fingerprint density at radius 3 is 2.72 bits per heavy atom. The average Bonchev–Trinajstić information content (AvgIpc) is 3.02. The molecule has 0 aromatic carbocycles. The molecule has 2 atom stereocenters. The average molecular weight is 345 g/mol. The molecule has 2 aliphatic heterocycles. The molecule has 25 heavy (non-hydrogen) atoms. The highest BCUT2D eigenvalue weighted by Gasteiger charge is 2.32. The number of aliphatic hydroxyl groups is 1. The molecule has 2 saturated heterocycles. The minimum absolute atomic E-state index is 0.133. The van der Waals surface area contributed by atoms with Crippen molar-refractivity contribution in [1.82, 2.24) is 19.5 Å². The molecule has 7 nitrogen and oxygen atoms in total. The van der Waals surface area contributed by atoms with Gasteiger partial charge in [-0.05, 0) is 27.2 Å². The van der Waals surface area contributed by atoms with Gasteiger partial charge in [0.25, 0.3) is 0 Å². The fraction of sp³-hybridized carbons (Fsp3) is 0.667. The molecule has 0 amide bonds. The van der Waals surface area contributed by atoms with Crippen LogP contribution in [0.25, 0.3) is 5.65 Å². The van der Waals surface area contributed by atoms with Crippen LogP contribution in [-0.4, -0.2) is 76.1 Å². The fourth-order valence-electron chi connectivity index (χ4n) is 3.94. The number of rotatable bonds is 2. The Bertz CT molecular complexity index is 774. The van der Waals surface area contributed by atoms with E-state index in [2.05, 4.69) is 27.8 Å². The van der Waals surface area contributed by atoms with Crippen LogP contribution >= 0.6 is 0 Å². The lowest BCUT2D eigenvalue weighted by Gasteiger charge is -2.28. The summed E-state index contributed by atoms with van der Waals surface area (Å²) in [5.41, 5.74) is 4.15. The zero-order chi connectivity index (χ0) is 17.6. The Morgan fingerprint density at radius 1 is 1.12 bits per heavy atom. The van der Waals surface area contributed by atoms with Gasteiger partial charge in [-0.3, -0.25) is 4.90 Å². The highest BCUT2D eigenvalue weighted by Crippen LogP contribution is 2.23. The predicted octanol–water partition coefficient (Wildman–Crippen LogP) is 0.926. The summed E-state index contributed by atoms with van der Waals surface area (Å²) in [6.07, 6.45) is 0.698. The van der Waals surface area contributed by atoms with Crippen molar-refractivity contribution in [2.24, 2.45) is 0 Å². The van der Waals surface area contributed by atoms with Gasteiger partial charge in [0, 0.05) is 43.5 Å². The number of aromatic nitrogens is 3. The summed E-state index contributed by atoms with van der Waals surface area (Å²) in [5.74, 6) is 1.11. The van der Waals surface area contributed by atoms with Crippen molar-refractivity contribution in [3.63, 3.8) is 0 Å². The van der Waals surface area contributed by atoms with Crippen molar-refractivity contribution in [3.8, 4) is 0 Å². The van der Waals surface area contributed by atoms with Crippen molar-refractivity contribution in [2.75, 3.05) is 44.3 Å². The standard InChI is InChI=1S/C18H27N5O2/c1-12-9-17(23-18(19-12)13(2)14(3)20-23)22-6-4-5-21(7-8-22)15-10-25-11-16(15)24/h9,15-16,24H,4-8,10-11H2,1-3H3. The molecule has 4 rings (SSSR count). The van der Waals surface area contributed by atoms with Crippen LogP contribution in [0.2, 0.25) is 0 Å². The lowest BCUT2D eigenvalue weighted by molar-refractivity contribution is 0.0859. The van der Waals surface area contributed by atoms with Gasteiger partial charge in [0.15, 0.2) is 5.65 Å². The minimum atomic E-state index is -0.363. The van der Waals surface area contributed by atoms with Gasteiger partial charge in [-0.2, -0.15) is 9.61 Å². The maximum absolute atomic E-state index is 10.1. The second kappa shape index (κ2) is 6.55. The van der Waals surface area contributed by atoms with Crippen molar-refractivity contribution in [2.45, 2.75) is 39.3 Å². The number of nitrogens with zero attached hydrogens (tertiary/aromatic N) is 5. The van der Waals surface area contributed by atoms with Gasteiger partial charge in [0.1, 0.15) is 5.82 Å². The molecule has 4 heterocycles. The fourth-order valence-corrected chi connectivity index (χ4v) is 3.94. The highest BCUT2D eigenvalue weighted by atomic mass is 16.5. The molecule has 0 saturated carbocycles. The summed E-state index contributed by atoms with van der Waals surface area (Å²) < 4.78 is 7.42. The summed E-state index contributed by atoms with van der Waals surface area (Å²) in [5, 5.41) is 14.8. The topological polar surface area (TPSA) is 66.1 Å². The zero-order valence-corrected chi connectivity index (χ0v) is 15.3. The molecule has 2 aliphatic rings. The summed E-state index contributed by atoms with van der Waals surface area (Å²) >= 11 is 0. The molecular formula is C18H27N5O2. The smallest absolute Gasteiger partial charge is 0.160 e. The van der Waals surface area contributed by atoms with E-state index >= 15 is 0 Å². The maximum Gasteiger partial charge on any atom is 0.160 e. The van der Waals surface area contributed by atoms with E-state index in [1.165, 1.54) is 0 Å². The Balaban J connectivity index is 1.60. The van der Waals surface area contributed by atoms with Crippen molar-refractivity contribution < 1.29 is 9.84 Å². The van der Waals surface area contributed by atoms with Gasteiger partial charge in [-0.25, -0.2) is 4.98 Å². The van der Waals surface area contributed by atoms with Crippen LogP contribution in [0.5, 0.6) is 0 Å². The number of hydrogen-bond donors (Lipinski definition) is 1. The van der Waals surface area contributed by atoms with Crippen molar-refractivity contribution >= 4 is 11.5 Å². The second-order valence-electron chi connectivity index (χ2n) is 7.25. The lowest BCUT2D eigenvalue weighted by Crippen LogP contribution is -2.44. The SMILES string of the molecule is Cc1cc(N2CCCN(C3COCC3O)CC2)n2nc(C)c(C)c2n1. The first kappa shape index (κ1) is 16.8. The summed E-state index contributed by atoms with van der Waals surface area (Å²) in [6.45, 7) is 11.1. The van der Waals surface area contributed by atoms with Crippen LogP contribution in [0.3, 0.4) is 0 Å². The van der Waals surface area contributed by atoms with Crippen molar-refractivity contribution in [1.29, 1.82) is 0 Å². The second-order valence-corrected chi connectivity index (χ2v) is 7.25. The monoisotopic (exact) mass is 345 g/mol. The molecule has 2 aromatic heterocycles. The molecule has 0 bridgehead atoms. The van der Waals surface area contributed by atoms with Crippen LogP contribution in [0.4, 0.5) is 5.82 Å². The number of anilines is 1. The Morgan fingerprint density at radius 2 is 1.96 bits per heavy atom. The number of aliphatic hydroxyl groups excluding tert-OH is 1. The normalized spacial score (nSPS) is 25.7. The number of ether oxygens (including phenoxy) is 1. The predicted molar refractivity (Wildman–Crippen MR) is 96.2 cm³/mol. The van der Waals surface area contributed by atoms with E-state index in [0.717, 1.165) is 61.0 Å². The maximum atomic E-state index is 10.1. The van der Waals surface area contributed by atoms with E-state index in [9.17, 15) is 5.11 Å². The van der Waals surface area contributed by atoms with Crippen LogP contribution in [0.1, 0.15) is 23.4 Å². The largest absolute Gasteiger partial charge is 0.389 e. The third-order valence-electron chi connectivity index (χ3n) is 5.51. The number of hydrogen-bond acceptors (Lipinski definition) is 6. The molecule has 2 fully saturated rings. The molecule has 0 radical (unpaired) electrons. The lowest BCUT2D eigenvalue weighted by atomic mass is 10.2. The third kappa shape index (κ3) is 3.01. The van der Waals surface area contributed by atoms with E-state index < -0.39 is 0 Å². The van der Waals surface area contributed by atoms with E-state index in [1.54, 1.807) is 0 Å². The Kier molecular flexibility index (Phi) is 4.39. The first-order chi connectivity index (χ1) is 12.0.